The van der Waals surface area contributed by atoms with Crippen molar-refractivity contribution in [2.75, 3.05) is 38.2 Å². The first-order chi connectivity index (χ1) is 22.3. The lowest BCUT2D eigenvalue weighted by Gasteiger charge is -2.27. The second-order valence-electron chi connectivity index (χ2n) is 10.9. The van der Waals surface area contributed by atoms with Gasteiger partial charge in [0.2, 0.25) is 11.8 Å². The molecule has 0 spiro atoms. The topological polar surface area (TPSA) is 156 Å². The Labute approximate surface area is 268 Å². The van der Waals surface area contributed by atoms with E-state index in [4.69, 9.17) is 14.5 Å². The second-order valence-corrected chi connectivity index (χ2v) is 11.9. The molecule has 1 saturated heterocycles. The van der Waals surface area contributed by atoms with Gasteiger partial charge in [-0.25, -0.2) is 4.98 Å². The molecule has 46 heavy (non-hydrogen) atoms. The summed E-state index contributed by atoms with van der Waals surface area (Å²) < 4.78 is 12.4. The first kappa shape index (κ1) is 30.9. The molecule has 3 heterocycles. The molecule has 236 valence electrons. The number of carbonyl (C=O) groups is 5. The smallest absolute Gasteiger partial charge is 0.266 e. The van der Waals surface area contributed by atoms with Gasteiger partial charge in [0, 0.05) is 30.8 Å². The van der Waals surface area contributed by atoms with Gasteiger partial charge in [0.15, 0.2) is 6.61 Å². The van der Waals surface area contributed by atoms with Crippen LogP contribution in [-0.4, -0.2) is 78.4 Å². The van der Waals surface area contributed by atoms with Crippen molar-refractivity contribution in [2.45, 2.75) is 25.8 Å². The largest absolute Gasteiger partial charge is 0.483 e. The van der Waals surface area contributed by atoms with E-state index in [2.05, 4.69) is 35.0 Å². The molecule has 2 aliphatic rings. The molecule has 0 aliphatic carbocycles. The summed E-state index contributed by atoms with van der Waals surface area (Å²) >= 11 is 1.68. The minimum absolute atomic E-state index is 0.0118. The predicted octanol–water partition coefficient (Wildman–Crippen LogP) is 3.30. The van der Waals surface area contributed by atoms with E-state index in [1.54, 1.807) is 11.3 Å². The molecule has 0 radical (unpaired) electrons. The Kier molecular flexibility index (Phi) is 9.04. The molecule has 1 unspecified atom stereocenters. The number of ether oxygens (including phenoxy) is 2. The summed E-state index contributed by atoms with van der Waals surface area (Å²) in [5.74, 6) is -2.86. The summed E-state index contributed by atoms with van der Waals surface area (Å²) in [6.45, 7) is 3.25. The van der Waals surface area contributed by atoms with E-state index >= 15 is 0 Å². The van der Waals surface area contributed by atoms with Crippen LogP contribution in [0.1, 0.15) is 39.1 Å². The second kappa shape index (κ2) is 13.5. The molecule has 12 nitrogen and oxygen atoms in total. The van der Waals surface area contributed by atoms with Crippen LogP contribution in [0.25, 0.3) is 20.8 Å². The van der Waals surface area contributed by atoms with E-state index in [1.165, 1.54) is 28.5 Å². The predicted molar refractivity (Wildman–Crippen MR) is 171 cm³/mol. The van der Waals surface area contributed by atoms with Crippen molar-refractivity contribution in [3.63, 3.8) is 0 Å². The maximum Gasteiger partial charge on any atom is 0.266 e. The Morgan fingerprint density at radius 2 is 1.83 bits per heavy atom. The SMILES string of the molecule is Cc1ccc2nc(-c3ccc(NCCOCCNC(=O)COc4cccc5c4C(=O)N(C4CCC(=O)NC4=O)C5=O)cc3)sc2c1. The van der Waals surface area contributed by atoms with Crippen LogP contribution in [0.5, 0.6) is 5.75 Å². The van der Waals surface area contributed by atoms with Crippen molar-refractivity contribution in [3.8, 4) is 16.3 Å². The third-order valence-electron chi connectivity index (χ3n) is 7.61. The molecule has 1 atom stereocenters. The number of rotatable bonds is 12. The number of thiazole rings is 1. The van der Waals surface area contributed by atoms with Crippen molar-refractivity contribution in [3.05, 3.63) is 77.4 Å². The molecule has 0 bridgehead atoms. The average molecular weight is 642 g/mol. The highest BCUT2D eigenvalue weighted by atomic mass is 32.1. The number of nitrogens with one attached hydrogen (secondary N) is 3. The Morgan fingerprint density at radius 1 is 1.02 bits per heavy atom. The molecule has 1 aromatic heterocycles. The van der Waals surface area contributed by atoms with Crippen molar-refractivity contribution in [1.82, 2.24) is 20.5 Å². The fraction of sp³-hybridized carbons (Fsp3) is 0.273. The quantitative estimate of drug-likeness (QED) is 0.156. The van der Waals surface area contributed by atoms with E-state index in [0.717, 1.165) is 26.7 Å². The summed E-state index contributed by atoms with van der Waals surface area (Å²) in [4.78, 5) is 67.8. The van der Waals surface area contributed by atoms with Gasteiger partial charge in [-0.05, 0) is 67.4 Å². The van der Waals surface area contributed by atoms with Gasteiger partial charge < -0.3 is 20.1 Å². The van der Waals surface area contributed by atoms with Crippen LogP contribution < -0.4 is 20.7 Å². The Balaban J connectivity index is 0.901. The highest BCUT2D eigenvalue weighted by Gasteiger charge is 2.46. The monoisotopic (exact) mass is 641 g/mol. The van der Waals surface area contributed by atoms with Crippen molar-refractivity contribution < 1.29 is 33.4 Å². The molecular weight excluding hydrogens is 610 g/mol. The standard InChI is InChI=1S/C33H31N5O7S/c1-19-5-10-23-26(17-19)46-31(36-23)20-6-8-21(9-7-20)34-13-15-44-16-14-35-28(40)18-45-25-4-2-3-22-29(25)33(43)38(32(22)42)24-11-12-27(39)37-30(24)41/h2-10,17,24,34H,11-16,18H2,1H3,(H,35,40)(H,37,39,41). The third-order valence-corrected chi connectivity index (χ3v) is 8.68. The van der Waals surface area contributed by atoms with Gasteiger partial charge >= 0.3 is 0 Å². The summed E-state index contributed by atoms with van der Waals surface area (Å²) in [5, 5.41) is 9.14. The average Bonchev–Trinajstić information content (AvgIpc) is 3.58. The number of nitrogens with zero attached hydrogens (tertiary/aromatic N) is 2. The minimum Gasteiger partial charge on any atom is -0.483 e. The van der Waals surface area contributed by atoms with Gasteiger partial charge in [-0.3, -0.25) is 34.2 Å². The van der Waals surface area contributed by atoms with E-state index in [0.29, 0.717) is 13.2 Å². The zero-order valence-electron chi connectivity index (χ0n) is 25.0. The van der Waals surface area contributed by atoms with Gasteiger partial charge in [-0.1, -0.05) is 12.1 Å². The van der Waals surface area contributed by atoms with Crippen LogP contribution in [0.4, 0.5) is 5.69 Å². The number of carbonyl (C=O) groups excluding carboxylic acids is 5. The summed E-state index contributed by atoms with van der Waals surface area (Å²) in [7, 11) is 0. The molecule has 4 aromatic rings. The lowest BCUT2D eigenvalue weighted by atomic mass is 10.0. The van der Waals surface area contributed by atoms with Crippen LogP contribution in [-0.2, 0) is 19.1 Å². The number of amides is 5. The summed E-state index contributed by atoms with van der Waals surface area (Å²) in [6, 6.07) is 17.7. The number of piperidine rings is 1. The lowest BCUT2D eigenvalue weighted by molar-refractivity contribution is -0.136. The Hall–Kier alpha value is -5.14. The van der Waals surface area contributed by atoms with Gasteiger partial charge in [0.25, 0.3) is 17.7 Å². The normalized spacial score (nSPS) is 16.0. The number of fused-ring (bicyclic) bond motifs is 2. The minimum atomic E-state index is -1.09. The number of anilines is 1. The Morgan fingerprint density at radius 3 is 2.63 bits per heavy atom. The summed E-state index contributed by atoms with van der Waals surface area (Å²) in [5.41, 5.74) is 4.31. The van der Waals surface area contributed by atoms with Gasteiger partial charge in [0.05, 0.1) is 34.6 Å². The first-order valence-electron chi connectivity index (χ1n) is 14.8. The number of aryl methyl sites for hydroxylation is 1. The molecule has 2 aliphatic heterocycles. The molecule has 1 fully saturated rings. The maximum atomic E-state index is 13.1. The number of benzene rings is 3. The summed E-state index contributed by atoms with van der Waals surface area (Å²) in [6.07, 6.45) is 0.0686. The molecule has 5 amide bonds. The molecule has 3 N–H and O–H groups in total. The fourth-order valence-corrected chi connectivity index (χ4v) is 6.39. The van der Waals surface area contributed by atoms with Gasteiger partial charge in [-0.15, -0.1) is 11.3 Å². The van der Waals surface area contributed by atoms with E-state index in [9.17, 15) is 24.0 Å². The molecule has 3 aromatic carbocycles. The molecule has 6 rings (SSSR count). The van der Waals surface area contributed by atoms with Gasteiger partial charge in [-0.2, -0.15) is 0 Å². The molecule has 0 saturated carbocycles. The van der Waals surface area contributed by atoms with Crippen molar-refractivity contribution >= 4 is 56.8 Å². The van der Waals surface area contributed by atoms with Crippen LogP contribution in [0, 0.1) is 6.92 Å². The number of aromatic nitrogens is 1. The molecular formula is C33H31N5O7S. The number of imide groups is 2. The highest BCUT2D eigenvalue weighted by molar-refractivity contribution is 7.21. The van der Waals surface area contributed by atoms with Crippen LogP contribution in [0.3, 0.4) is 0 Å². The van der Waals surface area contributed by atoms with Crippen molar-refractivity contribution in [2.24, 2.45) is 0 Å². The zero-order valence-corrected chi connectivity index (χ0v) is 25.8. The first-order valence-corrected chi connectivity index (χ1v) is 15.6. The van der Waals surface area contributed by atoms with Crippen LogP contribution in [0.15, 0.2) is 60.7 Å². The zero-order chi connectivity index (χ0) is 32.2. The maximum absolute atomic E-state index is 13.1. The fourth-order valence-electron chi connectivity index (χ4n) is 5.32. The molecule has 13 heteroatoms. The Bertz CT molecular complexity index is 1840. The van der Waals surface area contributed by atoms with E-state index < -0.39 is 35.6 Å². The van der Waals surface area contributed by atoms with Crippen LogP contribution >= 0.6 is 11.3 Å². The van der Waals surface area contributed by atoms with E-state index in [1.807, 2.05) is 30.3 Å². The van der Waals surface area contributed by atoms with Crippen LogP contribution in [0.2, 0.25) is 0 Å². The van der Waals surface area contributed by atoms with Crippen molar-refractivity contribution in [1.29, 1.82) is 0 Å². The lowest BCUT2D eigenvalue weighted by Crippen LogP contribution is -2.54. The van der Waals surface area contributed by atoms with Gasteiger partial charge in [0.1, 0.15) is 16.8 Å². The van der Waals surface area contributed by atoms with E-state index in [-0.39, 0.29) is 49.5 Å². The number of hydrogen-bond acceptors (Lipinski definition) is 10. The highest BCUT2D eigenvalue weighted by Crippen LogP contribution is 2.34. The number of hydrogen-bond donors (Lipinski definition) is 3. The third kappa shape index (κ3) is 6.60.